The fraction of sp³-hybridized carbons (Fsp3) is 0.143. The minimum absolute atomic E-state index is 0.0404. The number of benzene rings is 1. The fourth-order valence-electron chi connectivity index (χ4n) is 0.877. The molecule has 0 amide bonds. The van der Waals surface area contributed by atoms with Gasteiger partial charge in [0.1, 0.15) is 0 Å². The van der Waals surface area contributed by atoms with Gasteiger partial charge in [-0.3, -0.25) is 8.93 Å². The highest BCUT2D eigenvalue weighted by molar-refractivity contribution is 7.92. The van der Waals surface area contributed by atoms with Gasteiger partial charge in [0.2, 0.25) is 10.0 Å². The first kappa shape index (κ1) is 11.2. The average Bonchev–Trinajstić information content (AvgIpc) is 2.01. The predicted octanol–water partition coefficient (Wildman–Crippen LogP) is 0.296. The first-order valence-corrected chi connectivity index (χ1v) is 6.52. The van der Waals surface area contributed by atoms with Gasteiger partial charge in [0.05, 0.1) is 6.26 Å². The zero-order chi connectivity index (χ0) is 10.8. The molecule has 0 aliphatic rings. The molecule has 0 spiro atoms. The van der Waals surface area contributed by atoms with Crippen molar-refractivity contribution < 1.29 is 17.2 Å². The molecule has 1 atom stereocenters. The van der Waals surface area contributed by atoms with Crippen LogP contribution < -0.4 is 4.72 Å². The molecule has 0 saturated heterocycles. The Bertz CT molecular complexity index is 455. The van der Waals surface area contributed by atoms with E-state index in [0.717, 1.165) is 6.26 Å². The molecule has 0 aromatic heterocycles. The highest BCUT2D eigenvalue weighted by Gasteiger charge is 2.02. The third-order valence-electron chi connectivity index (χ3n) is 1.33. The van der Waals surface area contributed by atoms with Crippen LogP contribution >= 0.6 is 0 Å². The van der Waals surface area contributed by atoms with Gasteiger partial charge < -0.3 is 4.55 Å². The molecule has 0 aliphatic heterocycles. The van der Waals surface area contributed by atoms with Crippen LogP contribution in [0.4, 0.5) is 5.69 Å². The lowest BCUT2D eigenvalue weighted by molar-refractivity contribution is 0.537. The Balaban J connectivity index is 3.01. The van der Waals surface area contributed by atoms with E-state index in [1.165, 1.54) is 24.3 Å². The van der Waals surface area contributed by atoms with Gasteiger partial charge in [0.25, 0.3) is 0 Å². The minimum Gasteiger partial charge on any atom is -0.768 e. The molecule has 1 rings (SSSR count). The third kappa shape index (κ3) is 3.44. The zero-order valence-corrected chi connectivity index (χ0v) is 8.89. The Morgan fingerprint density at radius 3 is 2.57 bits per heavy atom. The van der Waals surface area contributed by atoms with E-state index in [-0.39, 0.29) is 10.6 Å². The van der Waals surface area contributed by atoms with E-state index in [1.807, 2.05) is 0 Å². The molecule has 0 radical (unpaired) electrons. The molecule has 1 unspecified atom stereocenters. The Morgan fingerprint density at radius 2 is 2.07 bits per heavy atom. The lowest BCUT2D eigenvalue weighted by atomic mass is 10.3. The van der Waals surface area contributed by atoms with Crippen molar-refractivity contribution in [3.05, 3.63) is 24.3 Å². The van der Waals surface area contributed by atoms with Gasteiger partial charge in [-0.2, -0.15) is 0 Å². The number of hydrogen-bond acceptors (Lipinski definition) is 4. The topological polar surface area (TPSA) is 86.3 Å². The van der Waals surface area contributed by atoms with Crippen LogP contribution in [0, 0.1) is 0 Å². The van der Waals surface area contributed by atoms with Crippen LogP contribution in [0.3, 0.4) is 0 Å². The van der Waals surface area contributed by atoms with E-state index in [9.17, 15) is 17.2 Å². The van der Waals surface area contributed by atoms with Crippen LogP contribution in [-0.4, -0.2) is 23.4 Å². The highest BCUT2D eigenvalue weighted by atomic mass is 32.2. The molecule has 1 N–H and O–H groups in total. The van der Waals surface area contributed by atoms with E-state index >= 15 is 0 Å². The van der Waals surface area contributed by atoms with Crippen molar-refractivity contribution in [1.29, 1.82) is 0 Å². The summed E-state index contributed by atoms with van der Waals surface area (Å²) in [7, 11) is -3.37. The first-order valence-electron chi connectivity index (χ1n) is 3.55. The molecule has 0 heterocycles. The first-order chi connectivity index (χ1) is 6.38. The lowest BCUT2D eigenvalue weighted by Gasteiger charge is -2.08. The van der Waals surface area contributed by atoms with Crippen molar-refractivity contribution in [3.8, 4) is 0 Å². The number of rotatable bonds is 3. The fourth-order valence-corrected chi connectivity index (χ4v) is 1.85. The van der Waals surface area contributed by atoms with Gasteiger partial charge in [0, 0.05) is 10.6 Å². The molecular formula is C7H8NO4S2-. The minimum atomic E-state index is -3.37. The maximum atomic E-state index is 10.8. The zero-order valence-electron chi connectivity index (χ0n) is 7.26. The van der Waals surface area contributed by atoms with Crippen LogP contribution in [0.1, 0.15) is 0 Å². The second-order valence-electron chi connectivity index (χ2n) is 2.64. The maximum absolute atomic E-state index is 10.8. The molecule has 14 heavy (non-hydrogen) atoms. The standard InChI is InChI=1S/C7H9NO4S2/c1-14(11,12)8-6-3-2-4-7(5-6)13(9)10/h2-5,8H,1H3,(H,9,10)/p-1. The molecule has 0 saturated carbocycles. The Labute approximate surface area is 84.5 Å². The second kappa shape index (κ2) is 4.07. The quantitative estimate of drug-likeness (QED) is 0.762. The molecule has 0 fully saturated rings. The van der Waals surface area contributed by atoms with Crippen molar-refractivity contribution in [3.63, 3.8) is 0 Å². The second-order valence-corrected chi connectivity index (χ2v) is 5.33. The molecule has 5 nitrogen and oxygen atoms in total. The van der Waals surface area contributed by atoms with Gasteiger partial charge in [-0.25, -0.2) is 8.42 Å². The predicted molar refractivity (Wildman–Crippen MR) is 52.1 cm³/mol. The molecular weight excluding hydrogens is 226 g/mol. The number of nitrogens with one attached hydrogen (secondary N) is 1. The normalized spacial score (nSPS) is 13.6. The van der Waals surface area contributed by atoms with Gasteiger partial charge in [-0.1, -0.05) is 6.07 Å². The number of hydrogen-bond donors (Lipinski definition) is 1. The summed E-state index contributed by atoms with van der Waals surface area (Å²) in [6.45, 7) is 0. The van der Waals surface area contributed by atoms with Crippen LogP contribution in [-0.2, 0) is 21.1 Å². The summed E-state index contributed by atoms with van der Waals surface area (Å²) >= 11 is -2.35. The Morgan fingerprint density at radius 1 is 1.43 bits per heavy atom. The smallest absolute Gasteiger partial charge is 0.229 e. The molecule has 0 aliphatic carbocycles. The summed E-state index contributed by atoms with van der Waals surface area (Å²) in [6, 6.07) is 5.54. The van der Waals surface area contributed by atoms with Crippen LogP contribution in [0.2, 0.25) is 0 Å². The van der Waals surface area contributed by atoms with Gasteiger partial charge in [-0.15, -0.1) is 0 Å². The van der Waals surface area contributed by atoms with Crippen LogP contribution in [0.25, 0.3) is 0 Å². The van der Waals surface area contributed by atoms with E-state index in [2.05, 4.69) is 4.72 Å². The summed E-state index contributed by atoms with van der Waals surface area (Å²) in [6.07, 6.45) is 0.994. The summed E-state index contributed by atoms with van der Waals surface area (Å²) in [4.78, 5) is 0.0404. The highest BCUT2D eigenvalue weighted by Crippen LogP contribution is 2.13. The van der Waals surface area contributed by atoms with Gasteiger partial charge >= 0.3 is 0 Å². The summed E-state index contributed by atoms with van der Waals surface area (Å²) in [5, 5.41) is 0. The summed E-state index contributed by atoms with van der Waals surface area (Å²) in [5.41, 5.74) is 0.231. The van der Waals surface area contributed by atoms with E-state index in [1.54, 1.807) is 0 Å². The SMILES string of the molecule is CS(=O)(=O)Nc1cccc(S(=O)[O-])c1. The summed E-state index contributed by atoms with van der Waals surface area (Å²) < 4.78 is 44.9. The maximum Gasteiger partial charge on any atom is 0.229 e. The van der Waals surface area contributed by atoms with Crippen molar-refractivity contribution >= 4 is 26.8 Å². The Hall–Kier alpha value is -0.920. The molecule has 1 aromatic rings. The van der Waals surface area contributed by atoms with Crippen molar-refractivity contribution in [2.75, 3.05) is 11.0 Å². The number of anilines is 1. The molecule has 0 bridgehead atoms. The van der Waals surface area contributed by atoms with E-state index < -0.39 is 21.1 Å². The van der Waals surface area contributed by atoms with Crippen molar-refractivity contribution in [1.82, 2.24) is 0 Å². The third-order valence-corrected chi connectivity index (χ3v) is 2.58. The lowest BCUT2D eigenvalue weighted by Crippen LogP contribution is -2.09. The van der Waals surface area contributed by atoms with Gasteiger partial charge in [0.15, 0.2) is 0 Å². The Kier molecular flexibility index (Phi) is 3.25. The monoisotopic (exact) mass is 234 g/mol. The van der Waals surface area contributed by atoms with Crippen molar-refractivity contribution in [2.45, 2.75) is 4.90 Å². The summed E-state index contributed by atoms with van der Waals surface area (Å²) in [5.74, 6) is 0. The van der Waals surface area contributed by atoms with E-state index in [0.29, 0.717) is 0 Å². The van der Waals surface area contributed by atoms with Gasteiger partial charge in [-0.05, 0) is 29.3 Å². The largest absolute Gasteiger partial charge is 0.768 e. The molecule has 78 valence electrons. The molecule has 7 heteroatoms. The van der Waals surface area contributed by atoms with Crippen LogP contribution in [0.15, 0.2) is 29.2 Å². The van der Waals surface area contributed by atoms with Crippen LogP contribution in [0.5, 0.6) is 0 Å². The van der Waals surface area contributed by atoms with Crippen molar-refractivity contribution in [2.24, 2.45) is 0 Å². The number of sulfonamides is 1. The van der Waals surface area contributed by atoms with E-state index in [4.69, 9.17) is 0 Å². The average molecular weight is 234 g/mol. The molecule has 1 aromatic carbocycles.